The van der Waals surface area contributed by atoms with Crippen LogP contribution in [-0.4, -0.2) is 55.7 Å². The number of nitrogens with two attached hydrogens (primary N) is 1. The van der Waals surface area contributed by atoms with E-state index in [0.717, 1.165) is 45.7 Å². The van der Waals surface area contributed by atoms with Crippen LogP contribution in [-0.2, 0) is 9.53 Å². The fourth-order valence-electron chi connectivity index (χ4n) is 3.04. The van der Waals surface area contributed by atoms with Crippen LogP contribution in [0.25, 0.3) is 0 Å². The van der Waals surface area contributed by atoms with Gasteiger partial charge in [-0.05, 0) is 25.7 Å². The lowest BCUT2D eigenvalue weighted by molar-refractivity contribution is -0.122. The first kappa shape index (κ1) is 14.8. The van der Waals surface area contributed by atoms with Crippen LogP contribution >= 0.6 is 0 Å². The van der Waals surface area contributed by atoms with Gasteiger partial charge in [-0.25, -0.2) is 0 Å². The fraction of sp³-hybridized carbons (Fsp3) is 0.929. The Hall–Kier alpha value is -0.650. The molecule has 1 heterocycles. The van der Waals surface area contributed by atoms with Crippen molar-refractivity contribution < 1.29 is 9.53 Å². The first-order valence-electron chi connectivity index (χ1n) is 7.51. The lowest BCUT2D eigenvalue weighted by atomic mass is 10.00. The molecule has 1 saturated heterocycles. The number of hydrogen-bond acceptors (Lipinski definition) is 4. The summed E-state index contributed by atoms with van der Waals surface area (Å²) in [6, 6.07) is 0.604. The van der Waals surface area contributed by atoms with Crippen molar-refractivity contribution >= 4 is 5.91 Å². The Kier molecular flexibility index (Phi) is 5.60. The van der Waals surface area contributed by atoms with Gasteiger partial charge < -0.3 is 15.8 Å². The van der Waals surface area contributed by atoms with Gasteiger partial charge in [0.15, 0.2) is 0 Å². The van der Waals surface area contributed by atoms with Crippen LogP contribution in [0, 0.1) is 5.92 Å². The SMILES string of the molecule is CC(CNC(=O)C[C@@H]1CCC[C@H]1N)N1CCOCC1. The van der Waals surface area contributed by atoms with E-state index in [1.165, 1.54) is 6.42 Å². The molecular formula is C14H27N3O2. The van der Waals surface area contributed by atoms with E-state index in [4.69, 9.17) is 10.5 Å². The van der Waals surface area contributed by atoms with Gasteiger partial charge in [-0.1, -0.05) is 6.42 Å². The molecule has 1 unspecified atom stereocenters. The molecule has 19 heavy (non-hydrogen) atoms. The summed E-state index contributed by atoms with van der Waals surface area (Å²) in [4.78, 5) is 14.3. The van der Waals surface area contributed by atoms with E-state index >= 15 is 0 Å². The standard InChI is InChI=1S/C14H27N3O2/c1-11(17-5-7-19-8-6-17)10-16-14(18)9-12-3-2-4-13(12)15/h11-13H,2-10,15H2,1H3,(H,16,18)/t11?,12-,13+/m0/s1. The van der Waals surface area contributed by atoms with E-state index < -0.39 is 0 Å². The number of rotatable bonds is 5. The molecule has 0 aromatic carbocycles. The summed E-state index contributed by atoms with van der Waals surface area (Å²) >= 11 is 0. The van der Waals surface area contributed by atoms with Crippen molar-refractivity contribution in [1.82, 2.24) is 10.2 Å². The molecule has 5 nitrogen and oxygen atoms in total. The zero-order chi connectivity index (χ0) is 13.7. The number of ether oxygens (including phenoxy) is 1. The van der Waals surface area contributed by atoms with E-state index in [2.05, 4.69) is 17.1 Å². The molecule has 1 amide bonds. The Morgan fingerprint density at radius 3 is 2.79 bits per heavy atom. The van der Waals surface area contributed by atoms with Crippen LogP contribution in [0.15, 0.2) is 0 Å². The van der Waals surface area contributed by atoms with E-state index in [1.807, 2.05) is 0 Å². The third-order valence-electron chi connectivity index (χ3n) is 4.43. The summed E-state index contributed by atoms with van der Waals surface area (Å²) in [6.07, 6.45) is 3.94. The highest BCUT2D eigenvalue weighted by Crippen LogP contribution is 2.26. The zero-order valence-electron chi connectivity index (χ0n) is 11.9. The molecule has 0 radical (unpaired) electrons. The van der Waals surface area contributed by atoms with Crippen LogP contribution in [0.2, 0.25) is 0 Å². The quantitative estimate of drug-likeness (QED) is 0.755. The lowest BCUT2D eigenvalue weighted by Crippen LogP contribution is -2.47. The van der Waals surface area contributed by atoms with Crippen molar-refractivity contribution in [3.05, 3.63) is 0 Å². The molecule has 0 bridgehead atoms. The summed E-state index contributed by atoms with van der Waals surface area (Å²) in [7, 11) is 0. The highest BCUT2D eigenvalue weighted by molar-refractivity contribution is 5.76. The molecule has 110 valence electrons. The average Bonchev–Trinajstić information content (AvgIpc) is 2.82. The summed E-state index contributed by atoms with van der Waals surface area (Å²) < 4.78 is 5.33. The average molecular weight is 269 g/mol. The molecule has 3 atom stereocenters. The van der Waals surface area contributed by atoms with Gasteiger partial charge in [-0.2, -0.15) is 0 Å². The van der Waals surface area contributed by atoms with E-state index in [-0.39, 0.29) is 11.9 Å². The summed E-state index contributed by atoms with van der Waals surface area (Å²) in [5, 5.41) is 3.05. The molecular weight excluding hydrogens is 242 g/mol. The number of carbonyl (C=O) groups is 1. The number of nitrogens with zero attached hydrogens (tertiary/aromatic N) is 1. The molecule has 2 rings (SSSR count). The van der Waals surface area contributed by atoms with Gasteiger partial charge in [0.25, 0.3) is 0 Å². The minimum atomic E-state index is 0.155. The molecule has 2 aliphatic rings. The van der Waals surface area contributed by atoms with Crippen molar-refractivity contribution in [3.63, 3.8) is 0 Å². The Morgan fingerprint density at radius 2 is 2.16 bits per heavy atom. The predicted octanol–water partition coefficient (Wildman–Crippen LogP) is 0.341. The van der Waals surface area contributed by atoms with Crippen molar-refractivity contribution in [3.8, 4) is 0 Å². The van der Waals surface area contributed by atoms with Crippen LogP contribution in [0.1, 0.15) is 32.6 Å². The largest absolute Gasteiger partial charge is 0.379 e. The highest BCUT2D eigenvalue weighted by Gasteiger charge is 2.26. The molecule has 1 aliphatic carbocycles. The van der Waals surface area contributed by atoms with Gasteiger partial charge in [-0.15, -0.1) is 0 Å². The van der Waals surface area contributed by atoms with E-state index in [0.29, 0.717) is 18.4 Å². The molecule has 0 spiro atoms. The zero-order valence-corrected chi connectivity index (χ0v) is 11.9. The number of nitrogens with one attached hydrogen (secondary N) is 1. The first-order chi connectivity index (χ1) is 9.16. The molecule has 2 fully saturated rings. The van der Waals surface area contributed by atoms with Gasteiger partial charge >= 0.3 is 0 Å². The van der Waals surface area contributed by atoms with Crippen molar-refractivity contribution in [1.29, 1.82) is 0 Å². The maximum Gasteiger partial charge on any atom is 0.220 e. The number of carbonyl (C=O) groups excluding carboxylic acids is 1. The van der Waals surface area contributed by atoms with Gasteiger partial charge in [0, 0.05) is 38.1 Å². The Labute approximate surface area is 115 Å². The topological polar surface area (TPSA) is 67.6 Å². The predicted molar refractivity (Wildman–Crippen MR) is 74.8 cm³/mol. The first-order valence-corrected chi connectivity index (χ1v) is 7.51. The summed E-state index contributed by atoms with van der Waals surface area (Å²) in [5.74, 6) is 0.543. The number of hydrogen-bond donors (Lipinski definition) is 2. The number of amides is 1. The second-order valence-electron chi connectivity index (χ2n) is 5.86. The molecule has 3 N–H and O–H groups in total. The van der Waals surface area contributed by atoms with E-state index in [9.17, 15) is 4.79 Å². The maximum absolute atomic E-state index is 11.9. The second-order valence-corrected chi connectivity index (χ2v) is 5.86. The minimum Gasteiger partial charge on any atom is -0.379 e. The highest BCUT2D eigenvalue weighted by atomic mass is 16.5. The third kappa shape index (κ3) is 4.44. The van der Waals surface area contributed by atoms with Crippen LogP contribution in [0.4, 0.5) is 0 Å². The van der Waals surface area contributed by atoms with E-state index in [1.54, 1.807) is 0 Å². The monoisotopic (exact) mass is 269 g/mol. The Balaban J connectivity index is 1.65. The van der Waals surface area contributed by atoms with Crippen LogP contribution in [0.5, 0.6) is 0 Å². The lowest BCUT2D eigenvalue weighted by Gasteiger charge is -2.32. The maximum atomic E-state index is 11.9. The molecule has 1 saturated carbocycles. The Bertz CT molecular complexity index is 292. The van der Waals surface area contributed by atoms with Crippen LogP contribution in [0.3, 0.4) is 0 Å². The summed E-state index contributed by atoms with van der Waals surface area (Å²) in [6.45, 7) is 6.41. The van der Waals surface area contributed by atoms with Crippen molar-refractivity contribution in [2.45, 2.75) is 44.7 Å². The molecule has 1 aliphatic heterocycles. The molecule has 0 aromatic heterocycles. The summed E-state index contributed by atoms with van der Waals surface area (Å²) in [5.41, 5.74) is 6.00. The van der Waals surface area contributed by atoms with Gasteiger partial charge in [-0.3, -0.25) is 9.69 Å². The second kappa shape index (κ2) is 7.22. The number of morpholine rings is 1. The molecule has 5 heteroatoms. The van der Waals surface area contributed by atoms with Gasteiger partial charge in [0.05, 0.1) is 13.2 Å². The van der Waals surface area contributed by atoms with Crippen molar-refractivity contribution in [2.24, 2.45) is 11.7 Å². The van der Waals surface area contributed by atoms with Gasteiger partial charge in [0.2, 0.25) is 5.91 Å². The minimum absolute atomic E-state index is 0.155. The molecule has 0 aromatic rings. The Morgan fingerprint density at radius 1 is 1.42 bits per heavy atom. The van der Waals surface area contributed by atoms with Gasteiger partial charge in [0.1, 0.15) is 0 Å². The van der Waals surface area contributed by atoms with Crippen molar-refractivity contribution in [2.75, 3.05) is 32.8 Å². The normalized spacial score (nSPS) is 30.2. The smallest absolute Gasteiger partial charge is 0.220 e. The van der Waals surface area contributed by atoms with Crippen LogP contribution < -0.4 is 11.1 Å². The fourth-order valence-corrected chi connectivity index (χ4v) is 3.04. The third-order valence-corrected chi connectivity index (χ3v) is 4.43.